The van der Waals surface area contributed by atoms with Crippen LogP contribution in [-0.2, 0) is 6.54 Å². The second-order valence-corrected chi connectivity index (χ2v) is 7.30. The highest BCUT2D eigenvalue weighted by Gasteiger charge is 2.51. The number of benzene rings is 2. The first-order valence-corrected chi connectivity index (χ1v) is 8.35. The number of anilines is 1. The molecule has 2 N–H and O–H groups in total. The molecule has 3 rings (SSSR count). The highest BCUT2D eigenvalue weighted by Crippen LogP contribution is 2.52. The van der Waals surface area contributed by atoms with Crippen molar-refractivity contribution in [2.24, 2.45) is 5.92 Å². The van der Waals surface area contributed by atoms with Crippen LogP contribution in [0.2, 0.25) is 0 Å². The fraction of sp³-hybridized carbons (Fsp3) is 0.278. The number of alkyl halides is 2. The normalized spacial score (nSPS) is 18.3. The van der Waals surface area contributed by atoms with Crippen LogP contribution >= 0.6 is 23.2 Å². The Balaban J connectivity index is 1.61. The third-order valence-corrected chi connectivity index (χ3v) is 4.89. The van der Waals surface area contributed by atoms with E-state index in [1.54, 1.807) is 0 Å². The summed E-state index contributed by atoms with van der Waals surface area (Å²) in [6, 6.07) is 17.3. The lowest BCUT2D eigenvalue weighted by Crippen LogP contribution is -2.24. The summed E-state index contributed by atoms with van der Waals surface area (Å²) >= 11 is 12.1. The van der Waals surface area contributed by atoms with Crippen molar-refractivity contribution in [2.75, 3.05) is 11.9 Å². The molecule has 1 atom stereocenters. The van der Waals surface area contributed by atoms with Gasteiger partial charge in [-0.05, 0) is 24.1 Å². The minimum atomic E-state index is -0.614. The first-order chi connectivity index (χ1) is 11.1. The fourth-order valence-corrected chi connectivity index (χ4v) is 2.96. The Labute approximate surface area is 146 Å². The quantitative estimate of drug-likeness (QED) is 0.767. The number of nitrogens with one attached hydrogen (secondary N) is 2. The molecule has 2 aromatic rings. The van der Waals surface area contributed by atoms with Gasteiger partial charge in [-0.25, -0.2) is 0 Å². The van der Waals surface area contributed by atoms with Crippen molar-refractivity contribution >= 4 is 34.8 Å². The molecule has 1 fully saturated rings. The zero-order chi connectivity index (χ0) is 16.3. The van der Waals surface area contributed by atoms with Gasteiger partial charge in [0.1, 0.15) is 4.33 Å². The summed E-state index contributed by atoms with van der Waals surface area (Å²) in [7, 11) is 0. The van der Waals surface area contributed by atoms with E-state index in [9.17, 15) is 4.79 Å². The zero-order valence-corrected chi connectivity index (χ0v) is 14.1. The average Bonchev–Trinajstić information content (AvgIpc) is 3.19. The summed E-state index contributed by atoms with van der Waals surface area (Å²) in [5, 5.41) is 6.22. The van der Waals surface area contributed by atoms with Crippen molar-refractivity contribution < 1.29 is 4.79 Å². The number of carbonyl (C=O) groups is 1. The number of carbonyl (C=O) groups excluding carboxylic acids is 1. The van der Waals surface area contributed by atoms with Gasteiger partial charge in [0, 0.05) is 24.7 Å². The number of halogens is 2. The maximum absolute atomic E-state index is 12.4. The summed E-state index contributed by atoms with van der Waals surface area (Å²) in [6.45, 7) is 1.17. The summed E-state index contributed by atoms with van der Waals surface area (Å²) in [5.74, 6) is 0.127. The van der Waals surface area contributed by atoms with E-state index in [1.807, 2.05) is 54.6 Å². The summed E-state index contributed by atoms with van der Waals surface area (Å²) < 4.78 is -0.614. The van der Waals surface area contributed by atoms with E-state index >= 15 is 0 Å². The van der Waals surface area contributed by atoms with E-state index in [1.165, 1.54) is 0 Å². The maximum atomic E-state index is 12.4. The van der Waals surface area contributed by atoms with E-state index in [4.69, 9.17) is 23.2 Å². The van der Waals surface area contributed by atoms with Gasteiger partial charge < -0.3 is 10.6 Å². The van der Waals surface area contributed by atoms with Crippen LogP contribution in [0, 0.1) is 5.92 Å². The van der Waals surface area contributed by atoms with Gasteiger partial charge in [-0.15, -0.1) is 23.2 Å². The molecule has 5 heteroatoms. The molecule has 0 saturated heterocycles. The fourth-order valence-electron chi connectivity index (χ4n) is 2.43. The molecule has 1 unspecified atom stereocenters. The Morgan fingerprint density at radius 1 is 1.09 bits per heavy atom. The Bertz CT molecular complexity index is 688. The molecule has 0 aromatic heterocycles. The van der Waals surface area contributed by atoms with E-state index in [-0.39, 0.29) is 11.8 Å². The van der Waals surface area contributed by atoms with Gasteiger partial charge in [0.15, 0.2) is 0 Å². The first-order valence-electron chi connectivity index (χ1n) is 7.59. The first kappa shape index (κ1) is 16.2. The molecule has 1 saturated carbocycles. The molecule has 0 aliphatic heterocycles. The topological polar surface area (TPSA) is 41.1 Å². The Morgan fingerprint density at radius 2 is 1.74 bits per heavy atom. The lowest BCUT2D eigenvalue weighted by molar-refractivity contribution is 0.0951. The van der Waals surface area contributed by atoms with Gasteiger partial charge in [-0.2, -0.15) is 0 Å². The number of hydrogen-bond acceptors (Lipinski definition) is 2. The molecular formula is C18H18Cl2N2O. The van der Waals surface area contributed by atoms with Crippen molar-refractivity contribution in [2.45, 2.75) is 17.3 Å². The zero-order valence-electron chi connectivity index (χ0n) is 12.6. The summed E-state index contributed by atoms with van der Waals surface area (Å²) in [4.78, 5) is 12.4. The highest BCUT2D eigenvalue weighted by atomic mass is 35.5. The largest absolute Gasteiger partial charge is 0.384 e. The number of amides is 1. The van der Waals surface area contributed by atoms with Crippen LogP contribution in [0.3, 0.4) is 0 Å². The van der Waals surface area contributed by atoms with Gasteiger partial charge in [-0.1, -0.05) is 42.5 Å². The molecule has 1 amide bonds. The monoisotopic (exact) mass is 348 g/mol. The second kappa shape index (κ2) is 6.81. The lowest BCUT2D eigenvalue weighted by Gasteiger charge is -2.12. The molecule has 0 heterocycles. The molecule has 0 spiro atoms. The predicted molar refractivity (Wildman–Crippen MR) is 95.1 cm³/mol. The van der Waals surface area contributed by atoms with Crippen LogP contribution in [0.15, 0.2) is 54.6 Å². The smallest absolute Gasteiger partial charge is 0.253 e. The van der Waals surface area contributed by atoms with Crippen LogP contribution in [0.5, 0.6) is 0 Å². The molecule has 2 aromatic carbocycles. The molecule has 0 radical (unpaired) electrons. The molecule has 23 heavy (non-hydrogen) atoms. The Hall–Kier alpha value is -1.71. The van der Waals surface area contributed by atoms with Crippen molar-refractivity contribution in [3.05, 3.63) is 65.7 Å². The molecule has 1 aliphatic carbocycles. The van der Waals surface area contributed by atoms with Gasteiger partial charge in [-0.3, -0.25) is 4.79 Å². The van der Waals surface area contributed by atoms with E-state index in [2.05, 4.69) is 10.6 Å². The third kappa shape index (κ3) is 4.18. The van der Waals surface area contributed by atoms with Crippen LogP contribution in [0.4, 0.5) is 5.69 Å². The van der Waals surface area contributed by atoms with Crippen molar-refractivity contribution in [1.82, 2.24) is 5.32 Å². The second-order valence-electron chi connectivity index (χ2n) is 5.76. The van der Waals surface area contributed by atoms with Crippen LogP contribution < -0.4 is 10.6 Å². The minimum Gasteiger partial charge on any atom is -0.384 e. The summed E-state index contributed by atoms with van der Waals surface area (Å²) in [6.07, 6.45) is 0.783. The number of rotatable bonds is 6. The molecular weight excluding hydrogens is 331 g/mol. The van der Waals surface area contributed by atoms with E-state index in [0.717, 1.165) is 17.7 Å². The molecule has 3 nitrogen and oxygen atoms in total. The van der Waals surface area contributed by atoms with Gasteiger partial charge >= 0.3 is 0 Å². The minimum absolute atomic E-state index is 0.101. The van der Waals surface area contributed by atoms with Crippen LogP contribution in [-0.4, -0.2) is 16.8 Å². The molecule has 0 bridgehead atoms. The third-order valence-electron chi connectivity index (χ3n) is 3.96. The van der Waals surface area contributed by atoms with Gasteiger partial charge in [0.05, 0.1) is 5.56 Å². The summed E-state index contributed by atoms with van der Waals surface area (Å²) in [5.41, 5.74) is 2.49. The number of para-hydroxylation sites is 1. The predicted octanol–water partition coefficient (Wildman–Crippen LogP) is 4.22. The lowest BCUT2D eigenvalue weighted by atomic mass is 10.1. The van der Waals surface area contributed by atoms with Crippen molar-refractivity contribution in [3.63, 3.8) is 0 Å². The Kier molecular flexibility index (Phi) is 4.79. The van der Waals surface area contributed by atoms with Crippen molar-refractivity contribution in [3.8, 4) is 0 Å². The SMILES string of the molecule is O=C(NCc1ccccc1)c1ccccc1NCC1CC1(Cl)Cl. The van der Waals surface area contributed by atoms with Crippen molar-refractivity contribution in [1.29, 1.82) is 0 Å². The highest BCUT2D eigenvalue weighted by molar-refractivity contribution is 6.50. The number of hydrogen-bond donors (Lipinski definition) is 2. The average molecular weight is 349 g/mol. The standard InChI is InChI=1S/C18H18Cl2N2O/c19-18(20)10-14(18)12-21-16-9-5-4-8-15(16)17(23)22-11-13-6-2-1-3-7-13/h1-9,14,21H,10-12H2,(H,22,23). The van der Waals surface area contributed by atoms with Crippen LogP contribution in [0.1, 0.15) is 22.3 Å². The van der Waals surface area contributed by atoms with Gasteiger partial charge in [0.25, 0.3) is 5.91 Å². The van der Waals surface area contributed by atoms with Gasteiger partial charge in [0.2, 0.25) is 0 Å². The maximum Gasteiger partial charge on any atom is 0.253 e. The van der Waals surface area contributed by atoms with Crippen LogP contribution in [0.25, 0.3) is 0 Å². The van der Waals surface area contributed by atoms with E-state index in [0.29, 0.717) is 18.7 Å². The Morgan fingerprint density at radius 3 is 2.43 bits per heavy atom. The van der Waals surface area contributed by atoms with E-state index < -0.39 is 4.33 Å². The molecule has 1 aliphatic rings. The molecule has 120 valence electrons.